The van der Waals surface area contributed by atoms with Crippen LogP contribution in [0.3, 0.4) is 0 Å². The predicted octanol–water partition coefficient (Wildman–Crippen LogP) is 5.12. The van der Waals surface area contributed by atoms with Crippen LogP contribution in [0.1, 0.15) is 16.7 Å². The molecule has 0 bridgehead atoms. The predicted molar refractivity (Wildman–Crippen MR) is 97.8 cm³/mol. The van der Waals surface area contributed by atoms with Crippen molar-refractivity contribution in [2.24, 2.45) is 0 Å². The highest BCUT2D eigenvalue weighted by Crippen LogP contribution is 2.52. The van der Waals surface area contributed by atoms with Gasteiger partial charge >= 0.3 is 0 Å². The second-order valence-corrected chi connectivity index (χ2v) is 6.30. The summed E-state index contributed by atoms with van der Waals surface area (Å²) in [5.41, 5.74) is 5.26. The van der Waals surface area contributed by atoms with Crippen molar-refractivity contribution in [3.05, 3.63) is 95.6 Å². The molecule has 0 amide bonds. The molecule has 0 saturated heterocycles. The highest BCUT2D eigenvalue weighted by atomic mass is 16.5. The van der Waals surface area contributed by atoms with Gasteiger partial charge in [-0.05, 0) is 24.3 Å². The van der Waals surface area contributed by atoms with Gasteiger partial charge in [-0.1, -0.05) is 60.7 Å². The molecule has 2 aliphatic rings. The van der Waals surface area contributed by atoms with Gasteiger partial charge in [0.05, 0.1) is 0 Å². The Labute approximate surface area is 141 Å². The van der Waals surface area contributed by atoms with Crippen molar-refractivity contribution in [3.8, 4) is 5.75 Å². The lowest BCUT2D eigenvalue weighted by molar-refractivity contribution is 0.160. The summed E-state index contributed by atoms with van der Waals surface area (Å²) in [5, 5.41) is 0. The fourth-order valence-corrected chi connectivity index (χ4v) is 3.85. The molecule has 2 aliphatic heterocycles. The van der Waals surface area contributed by atoms with E-state index in [4.69, 9.17) is 4.74 Å². The van der Waals surface area contributed by atoms with Crippen LogP contribution in [0.15, 0.2) is 78.9 Å². The van der Waals surface area contributed by atoms with E-state index in [1.807, 2.05) is 18.2 Å². The van der Waals surface area contributed by atoms with Crippen molar-refractivity contribution < 1.29 is 4.74 Å². The lowest BCUT2D eigenvalue weighted by Gasteiger charge is -2.44. The summed E-state index contributed by atoms with van der Waals surface area (Å²) in [7, 11) is 2.12. The Kier molecular flexibility index (Phi) is 2.66. The van der Waals surface area contributed by atoms with E-state index in [2.05, 4.69) is 78.7 Å². The van der Waals surface area contributed by atoms with Crippen molar-refractivity contribution in [2.75, 3.05) is 11.9 Å². The van der Waals surface area contributed by atoms with Crippen molar-refractivity contribution in [1.82, 2.24) is 0 Å². The number of fused-ring (bicyclic) bond motifs is 5. The van der Waals surface area contributed by atoms with Gasteiger partial charge in [-0.2, -0.15) is 0 Å². The van der Waals surface area contributed by atoms with Gasteiger partial charge in [-0.3, -0.25) is 0 Å². The Balaban J connectivity index is 1.83. The quantitative estimate of drug-likeness (QED) is 0.571. The number of rotatable bonds is 0. The summed E-state index contributed by atoms with van der Waals surface area (Å²) in [6.07, 6.45) is 4.37. The second kappa shape index (κ2) is 4.75. The van der Waals surface area contributed by atoms with Gasteiger partial charge in [-0.25, -0.2) is 0 Å². The topological polar surface area (TPSA) is 12.5 Å². The first-order valence-corrected chi connectivity index (χ1v) is 8.20. The van der Waals surface area contributed by atoms with E-state index in [1.165, 1.54) is 22.5 Å². The zero-order valence-electron chi connectivity index (χ0n) is 13.4. The van der Waals surface area contributed by atoms with Gasteiger partial charge in [0, 0.05) is 35.1 Å². The van der Waals surface area contributed by atoms with Crippen LogP contribution in [0, 0.1) is 0 Å². The van der Waals surface area contributed by atoms with Crippen LogP contribution in [0.5, 0.6) is 5.75 Å². The molecule has 3 aromatic rings. The van der Waals surface area contributed by atoms with Gasteiger partial charge in [-0.15, -0.1) is 0 Å². The van der Waals surface area contributed by atoms with Crippen molar-refractivity contribution in [3.63, 3.8) is 0 Å². The smallest absolute Gasteiger partial charge is 0.182 e. The Bertz CT molecular complexity index is 925. The van der Waals surface area contributed by atoms with Gasteiger partial charge < -0.3 is 9.64 Å². The summed E-state index contributed by atoms with van der Waals surface area (Å²) >= 11 is 0. The number of benzene rings is 3. The van der Waals surface area contributed by atoms with Crippen LogP contribution in [-0.4, -0.2) is 7.05 Å². The number of nitrogens with zero attached hydrogens (tertiary/aromatic N) is 1. The van der Waals surface area contributed by atoms with Gasteiger partial charge in [0.1, 0.15) is 5.75 Å². The number of hydrogen-bond donors (Lipinski definition) is 0. The van der Waals surface area contributed by atoms with Crippen LogP contribution in [0.2, 0.25) is 0 Å². The van der Waals surface area contributed by atoms with Gasteiger partial charge in [0.15, 0.2) is 5.60 Å². The van der Waals surface area contributed by atoms with Crippen LogP contribution < -0.4 is 9.64 Å². The van der Waals surface area contributed by atoms with E-state index < -0.39 is 5.60 Å². The van der Waals surface area contributed by atoms with E-state index in [1.54, 1.807) is 0 Å². The molecular weight excluding hydrogens is 294 g/mol. The lowest BCUT2D eigenvalue weighted by atomic mass is 9.79. The molecule has 0 aliphatic carbocycles. The average Bonchev–Trinajstić information content (AvgIpc) is 2.66. The standard InChI is InChI=1S/C22H17NO/c1-23-19-11-5-3-9-17(19)22(18-10-4-6-12-20(18)23)15-14-16-8-2-7-13-21(16)24-22/h2-15H,1H3. The first-order chi connectivity index (χ1) is 11.8. The normalized spacial score (nSPS) is 16.1. The molecule has 116 valence electrons. The summed E-state index contributed by atoms with van der Waals surface area (Å²) in [4.78, 5) is 2.24. The average molecular weight is 311 g/mol. The molecule has 5 rings (SSSR count). The molecule has 0 unspecified atom stereocenters. The molecule has 0 atom stereocenters. The van der Waals surface area contributed by atoms with Crippen LogP contribution >= 0.6 is 0 Å². The molecule has 2 nitrogen and oxygen atoms in total. The van der Waals surface area contributed by atoms with E-state index in [9.17, 15) is 0 Å². The summed E-state index contributed by atoms with van der Waals surface area (Å²) < 4.78 is 6.65. The third kappa shape index (κ3) is 1.65. The Morgan fingerprint density at radius 2 is 1.33 bits per heavy atom. The minimum absolute atomic E-state index is 0.575. The molecule has 0 radical (unpaired) electrons. The third-order valence-electron chi connectivity index (χ3n) is 5.02. The van der Waals surface area contributed by atoms with Crippen LogP contribution in [-0.2, 0) is 5.60 Å². The number of para-hydroxylation sites is 3. The SMILES string of the molecule is CN1c2ccccc2C2(C=Cc3ccccc3O2)c2ccccc21. The Morgan fingerprint density at radius 3 is 2.04 bits per heavy atom. The van der Waals surface area contributed by atoms with Gasteiger partial charge in [0.2, 0.25) is 0 Å². The fourth-order valence-electron chi connectivity index (χ4n) is 3.85. The van der Waals surface area contributed by atoms with Crippen molar-refractivity contribution in [2.45, 2.75) is 5.60 Å². The summed E-state index contributed by atoms with van der Waals surface area (Å²) in [6.45, 7) is 0. The maximum Gasteiger partial charge on any atom is 0.182 e. The monoisotopic (exact) mass is 311 g/mol. The molecular formula is C22H17NO. The molecule has 3 aromatic carbocycles. The highest BCUT2D eigenvalue weighted by molar-refractivity contribution is 5.80. The van der Waals surface area contributed by atoms with E-state index in [0.29, 0.717) is 0 Å². The molecule has 2 heteroatoms. The molecule has 0 N–H and O–H groups in total. The van der Waals surface area contributed by atoms with Crippen molar-refractivity contribution >= 4 is 17.5 Å². The maximum atomic E-state index is 6.65. The molecule has 2 heterocycles. The Hall–Kier alpha value is -3.00. The second-order valence-electron chi connectivity index (χ2n) is 6.30. The van der Waals surface area contributed by atoms with Crippen LogP contribution in [0.4, 0.5) is 11.4 Å². The number of ether oxygens (including phenoxy) is 1. The minimum atomic E-state index is -0.575. The maximum absolute atomic E-state index is 6.65. The largest absolute Gasteiger partial charge is 0.473 e. The van der Waals surface area contributed by atoms with E-state index in [-0.39, 0.29) is 0 Å². The third-order valence-corrected chi connectivity index (χ3v) is 5.02. The summed E-state index contributed by atoms with van der Waals surface area (Å²) in [5.74, 6) is 0.925. The zero-order valence-corrected chi connectivity index (χ0v) is 13.4. The lowest BCUT2D eigenvalue weighted by Crippen LogP contribution is -2.40. The van der Waals surface area contributed by atoms with Crippen molar-refractivity contribution in [1.29, 1.82) is 0 Å². The first-order valence-electron chi connectivity index (χ1n) is 8.20. The molecule has 1 spiro atoms. The molecule has 0 aromatic heterocycles. The zero-order chi connectivity index (χ0) is 16.1. The Morgan fingerprint density at radius 1 is 0.750 bits per heavy atom. The van der Waals surface area contributed by atoms with E-state index >= 15 is 0 Å². The minimum Gasteiger partial charge on any atom is -0.473 e. The first kappa shape index (κ1) is 13.4. The van der Waals surface area contributed by atoms with Gasteiger partial charge in [0.25, 0.3) is 0 Å². The number of anilines is 2. The number of hydrogen-bond acceptors (Lipinski definition) is 2. The molecule has 0 fully saturated rings. The highest BCUT2D eigenvalue weighted by Gasteiger charge is 2.44. The summed E-state index contributed by atoms with van der Waals surface area (Å²) in [6, 6.07) is 25.2. The van der Waals surface area contributed by atoms with E-state index in [0.717, 1.165) is 11.3 Å². The van der Waals surface area contributed by atoms with Crippen LogP contribution in [0.25, 0.3) is 6.08 Å². The fraction of sp³-hybridized carbons (Fsp3) is 0.0909. The molecule has 0 saturated carbocycles. The molecule has 24 heavy (non-hydrogen) atoms.